The van der Waals surface area contributed by atoms with Crippen molar-refractivity contribution in [3.05, 3.63) is 24.0 Å². The van der Waals surface area contributed by atoms with E-state index in [-0.39, 0.29) is 11.7 Å². The van der Waals surface area contributed by atoms with Gasteiger partial charge in [0.15, 0.2) is 11.6 Å². The van der Waals surface area contributed by atoms with E-state index >= 15 is 0 Å². The third-order valence-corrected chi connectivity index (χ3v) is 3.36. The molecule has 2 N–H and O–H groups in total. The van der Waals surface area contributed by atoms with Gasteiger partial charge in [-0.25, -0.2) is 4.39 Å². The number of amides is 1. The summed E-state index contributed by atoms with van der Waals surface area (Å²) in [6.45, 7) is 4.90. The van der Waals surface area contributed by atoms with Crippen molar-refractivity contribution in [1.29, 1.82) is 0 Å². The predicted octanol–water partition coefficient (Wildman–Crippen LogP) is 2.30. The number of halogens is 1. The van der Waals surface area contributed by atoms with E-state index in [1.165, 1.54) is 12.1 Å². The summed E-state index contributed by atoms with van der Waals surface area (Å²) in [4.78, 5) is 12.1. The number of rotatable bonds is 4. The number of ether oxygens (including phenoxy) is 1. The van der Waals surface area contributed by atoms with Gasteiger partial charge in [-0.15, -0.1) is 0 Å². The van der Waals surface area contributed by atoms with Gasteiger partial charge in [-0.2, -0.15) is 0 Å². The number of benzene rings is 1. The van der Waals surface area contributed by atoms with Crippen LogP contribution in [0, 0.1) is 5.82 Å². The SMILES string of the molecule is CCOc1ccc(NC(=O)C2(C)CCCN2)cc1F. The molecule has 104 valence electrons. The molecule has 0 bridgehead atoms. The van der Waals surface area contributed by atoms with Crippen LogP contribution in [0.5, 0.6) is 5.75 Å². The Bertz CT molecular complexity index is 471. The number of carbonyl (C=O) groups is 1. The van der Waals surface area contributed by atoms with Crippen LogP contribution in [0.4, 0.5) is 10.1 Å². The van der Waals surface area contributed by atoms with Crippen molar-refractivity contribution in [2.24, 2.45) is 0 Å². The molecule has 1 amide bonds. The zero-order valence-corrected chi connectivity index (χ0v) is 11.3. The van der Waals surface area contributed by atoms with E-state index in [4.69, 9.17) is 4.74 Å². The average molecular weight is 266 g/mol. The Balaban J connectivity index is 2.07. The van der Waals surface area contributed by atoms with Crippen LogP contribution >= 0.6 is 0 Å². The lowest BCUT2D eigenvalue weighted by atomic mass is 9.99. The van der Waals surface area contributed by atoms with Crippen molar-refractivity contribution in [3.63, 3.8) is 0 Å². The highest BCUT2D eigenvalue weighted by Gasteiger charge is 2.35. The molecule has 1 aliphatic heterocycles. The van der Waals surface area contributed by atoms with Gasteiger partial charge in [0, 0.05) is 11.8 Å². The first-order valence-corrected chi connectivity index (χ1v) is 6.54. The van der Waals surface area contributed by atoms with Gasteiger partial charge in [0.25, 0.3) is 0 Å². The van der Waals surface area contributed by atoms with Crippen LogP contribution in [0.1, 0.15) is 26.7 Å². The van der Waals surface area contributed by atoms with Crippen molar-refractivity contribution in [1.82, 2.24) is 5.32 Å². The standard InChI is InChI=1S/C14H19FN2O2/c1-3-19-12-6-5-10(9-11(12)15)17-13(18)14(2)7-4-8-16-14/h5-6,9,16H,3-4,7-8H2,1-2H3,(H,17,18). The summed E-state index contributed by atoms with van der Waals surface area (Å²) in [7, 11) is 0. The monoisotopic (exact) mass is 266 g/mol. The predicted molar refractivity (Wildman–Crippen MR) is 71.8 cm³/mol. The molecule has 0 aliphatic carbocycles. The lowest BCUT2D eigenvalue weighted by Gasteiger charge is -2.23. The quantitative estimate of drug-likeness (QED) is 0.879. The number of nitrogens with one attached hydrogen (secondary N) is 2. The van der Waals surface area contributed by atoms with Crippen LogP contribution in [0.15, 0.2) is 18.2 Å². The van der Waals surface area contributed by atoms with Gasteiger partial charge in [-0.05, 0) is 45.4 Å². The summed E-state index contributed by atoms with van der Waals surface area (Å²) in [5.74, 6) is -0.400. The Morgan fingerprint density at radius 2 is 2.37 bits per heavy atom. The summed E-state index contributed by atoms with van der Waals surface area (Å²) < 4.78 is 18.8. The highest BCUT2D eigenvalue weighted by molar-refractivity contribution is 5.98. The third-order valence-electron chi connectivity index (χ3n) is 3.36. The molecule has 1 unspecified atom stereocenters. The molecular formula is C14H19FN2O2. The van der Waals surface area contributed by atoms with Gasteiger partial charge in [0.2, 0.25) is 5.91 Å². The second-order valence-electron chi connectivity index (χ2n) is 4.89. The fraction of sp³-hybridized carbons (Fsp3) is 0.500. The normalized spacial score (nSPS) is 22.3. The molecule has 1 saturated heterocycles. The Morgan fingerprint density at radius 1 is 1.58 bits per heavy atom. The van der Waals surface area contributed by atoms with Crippen LogP contribution in [0.25, 0.3) is 0 Å². The molecule has 1 fully saturated rings. The average Bonchev–Trinajstić information content (AvgIpc) is 2.81. The maximum absolute atomic E-state index is 13.7. The van der Waals surface area contributed by atoms with E-state index in [0.717, 1.165) is 19.4 Å². The Morgan fingerprint density at radius 3 is 2.95 bits per heavy atom. The number of hydrogen-bond donors (Lipinski definition) is 2. The molecule has 1 atom stereocenters. The van der Waals surface area contributed by atoms with Gasteiger partial charge >= 0.3 is 0 Å². The maximum atomic E-state index is 13.7. The minimum absolute atomic E-state index is 0.131. The highest BCUT2D eigenvalue weighted by atomic mass is 19.1. The van der Waals surface area contributed by atoms with E-state index < -0.39 is 11.4 Å². The fourth-order valence-electron chi connectivity index (χ4n) is 2.21. The van der Waals surface area contributed by atoms with Crippen molar-refractivity contribution in [3.8, 4) is 5.75 Å². The molecule has 4 nitrogen and oxygen atoms in total. The van der Waals surface area contributed by atoms with Crippen molar-refractivity contribution in [2.75, 3.05) is 18.5 Å². The first-order chi connectivity index (χ1) is 9.05. The van der Waals surface area contributed by atoms with Crippen LogP contribution < -0.4 is 15.4 Å². The van der Waals surface area contributed by atoms with Gasteiger partial charge in [0.05, 0.1) is 12.1 Å². The van der Waals surface area contributed by atoms with Crippen LogP contribution in [0.2, 0.25) is 0 Å². The Labute approximate surface area is 112 Å². The number of anilines is 1. The molecule has 0 saturated carbocycles. The molecular weight excluding hydrogens is 247 g/mol. The van der Waals surface area contributed by atoms with Gasteiger partial charge in [-0.1, -0.05) is 0 Å². The van der Waals surface area contributed by atoms with Crippen LogP contribution in [-0.4, -0.2) is 24.6 Å². The molecule has 5 heteroatoms. The first kappa shape index (κ1) is 13.8. The smallest absolute Gasteiger partial charge is 0.244 e. The van der Waals surface area contributed by atoms with Crippen LogP contribution in [0.3, 0.4) is 0 Å². The molecule has 0 radical (unpaired) electrons. The topological polar surface area (TPSA) is 50.4 Å². The molecule has 0 spiro atoms. The van der Waals surface area contributed by atoms with Crippen molar-refractivity contribution in [2.45, 2.75) is 32.2 Å². The number of hydrogen-bond acceptors (Lipinski definition) is 3. The Hall–Kier alpha value is -1.62. The summed E-state index contributed by atoms with van der Waals surface area (Å²) in [5.41, 5.74) is -0.115. The van der Waals surface area contributed by atoms with E-state index in [9.17, 15) is 9.18 Å². The van der Waals surface area contributed by atoms with E-state index in [1.54, 1.807) is 13.0 Å². The molecule has 19 heavy (non-hydrogen) atoms. The minimum atomic E-state index is -0.560. The second kappa shape index (κ2) is 5.57. The summed E-state index contributed by atoms with van der Waals surface area (Å²) in [6, 6.07) is 4.45. The van der Waals surface area contributed by atoms with Gasteiger partial charge in [-0.3, -0.25) is 4.79 Å². The molecule has 1 aromatic rings. The van der Waals surface area contributed by atoms with Crippen molar-refractivity contribution >= 4 is 11.6 Å². The van der Waals surface area contributed by atoms with E-state index in [0.29, 0.717) is 12.3 Å². The van der Waals surface area contributed by atoms with E-state index in [1.807, 2.05) is 6.92 Å². The molecule has 1 aliphatic rings. The molecule has 2 rings (SSSR count). The second-order valence-corrected chi connectivity index (χ2v) is 4.89. The summed E-state index contributed by atoms with van der Waals surface area (Å²) >= 11 is 0. The first-order valence-electron chi connectivity index (χ1n) is 6.54. The Kier molecular flexibility index (Phi) is 4.04. The summed E-state index contributed by atoms with van der Waals surface area (Å²) in [5, 5.41) is 5.91. The highest BCUT2D eigenvalue weighted by Crippen LogP contribution is 2.24. The molecule has 1 heterocycles. The minimum Gasteiger partial charge on any atom is -0.491 e. The lowest BCUT2D eigenvalue weighted by molar-refractivity contribution is -0.121. The van der Waals surface area contributed by atoms with Gasteiger partial charge < -0.3 is 15.4 Å². The zero-order valence-electron chi connectivity index (χ0n) is 11.3. The number of carbonyl (C=O) groups excluding carboxylic acids is 1. The zero-order chi connectivity index (χ0) is 13.9. The van der Waals surface area contributed by atoms with Gasteiger partial charge in [0.1, 0.15) is 0 Å². The fourth-order valence-corrected chi connectivity index (χ4v) is 2.21. The molecule has 1 aromatic carbocycles. The van der Waals surface area contributed by atoms with Crippen molar-refractivity contribution < 1.29 is 13.9 Å². The van der Waals surface area contributed by atoms with E-state index in [2.05, 4.69) is 10.6 Å². The maximum Gasteiger partial charge on any atom is 0.244 e. The lowest BCUT2D eigenvalue weighted by Crippen LogP contribution is -2.47. The largest absolute Gasteiger partial charge is 0.491 e. The third kappa shape index (κ3) is 3.04. The summed E-state index contributed by atoms with van der Waals surface area (Å²) in [6.07, 6.45) is 1.76. The van der Waals surface area contributed by atoms with Crippen LogP contribution in [-0.2, 0) is 4.79 Å². The molecule has 0 aromatic heterocycles.